The summed E-state index contributed by atoms with van der Waals surface area (Å²) in [6.07, 6.45) is 3.54. The van der Waals surface area contributed by atoms with E-state index in [9.17, 15) is 14.4 Å². The van der Waals surface area contributed by atoms with Crippen LogP contribution in [-0.2, 0) is 14.3 Å². The van der Waals surface area contributed by atoms with Crippen molar-refractivity contribution in [3.05, 3.63) is 29.8 Å². The summed E-state index contributed by atoms with van der Waals surface area (Å²) in [4.78, 5) is 37.7. The van der Waals surface area contributed by atoms with E-state index in [0.29, 0.717) is 25.4 Å². The largest absolute Gasteiger partial charge is 0.462 e. The van der Waals surface area contributed by atoms with Crippen molar-refractivity contribution in [1.82, 2.24) is 4.90 Å². The topological polar surface area (TPSA) is 75.7 Å². The second-order valence-electron chi connectivity index (χ2n) is 5.49. The number of ether oxygens (including phenoxy) is 1. The zero-order valence-corrected chi connectivity index (χ0v) is 13.3. The van der Waals surface area contributed by atoms with Crippen molar-refractivity contribution in [3.8, 4) is 0 Å². The molecule has 1 aliphatic heterocycles. The van der Waals surface area contributed by atoms with E-state index in [1.807, 2.05) is 6.92 Å². The molecule has 0 bridgehead atoms. The van der Waals surface area contributed by atoms with E-state index in [1.165, 1.54) is 4.90 Å². The first-order valence-electron chi connectivity index (χ1n) is 8.00. The van der Waals surface area contributed by atoms with Gasteiger partial charge in [-0.25, -0.2) is 4.79 Å². The third kappa shape index (κ3) is 4.55. The number of rotatable bonds is 5. The summed E-state index contributed by atoms with van der Waals surface area (Å²) < 4.78 is 5.17. The number of amides is 2. The number of carbonyl (C=O) groups is 3. The van der Waals surface area contributed by atoms with Gasteiger partial charge in [0.2, 0.25) is 0 Å². The van der Waals surface area contributed by atoms with Crippen LogP contribution in [0.1, 0.15) is 43.0 Å². The Bertz CT molecular complexity index is 580. The molecule has 1 aromatic rings. The van der Waals surface area contributed by atoms with Crippen LogP contribution in [0.5, 0.6) is 0 Å². The van der Waals surface area contributed by atoms with Gasteiger partial charge >= 0.3 is 17.8 Å². The molecule has 0 aromatic heterocycles. The number of nitrogens with zero attached hydrogens (tertiary/aromatic N) is 1. The van der Waals surface area contributed by atoms with Crippen molar-refractivity contribution in [2.75, 3.05) is 25.0 Å². The summed E-state index contributed by atoms with van der Waals surface area (Å²) >= 11 is 0. The molecule has 2 amide bonds. The van der Waals surface area contributed by atoms with Gasteiger partial charge in [-0.2, -0.15) is 0 Å². The van der Waals surface area contributed by atoms with Crippen LogP contribution in [0.2, 0.25) is 0 Å². The normalized spacial score (nSPS) is 13.7. The van der Waals surface area contributed by atoms with Gasteiger partial charge in [0.25, 0.3) is 0 Å². The number of unbranched alkanes of at least 4 members (excludes halogenated alkanes) is 1. The van der Waals surface area contributed by atoms with E-state index in [0.717, 1.165) is 25.7 Å². The number of anilines is 1. The summed E-state index contributed by atoms with van der Waals surface area (Å²) in [5.41, 5.74) is 0.553. The highest BCUT2D eigenvalue weighted by Gasteiger charge is 2.25. The minimum atomic E-state index is -0.722. The Labute approximate surface area is 135 Å². The van der Waals surface area contributed by atoms with Crippen LogP contribution in [0, 0.1) is 0 Å². The van der Waals surface area contributed by atoms with Gasteiger partial charge in [-0.05, 0) is 31.4 Å². The van der Waals surface area contributed by atoms with Crippen LogP contribution >= 0.6 is 0 Å². The molecule has 1 heterocycles. The van der Waals surface area contributed by atoms with E-state index >= 15 is 0 Å². The number of para-hydroxylation sites is 1. The van der Waals surface area contributed by atoms with E-state index in [4.69, 9.17) is 4.74 Å². The second-order valence-corrected chi connectivity index (χ2v) is 5.49. The lowest BCUT2D eigenvalue weighted by molar-refractivity contribution is -0.142. The third-order valence-electron chi connectivity index (χ3n) is 3.71. The van der Waals surface area contributed by atoms with Crippen LogP contribution in [0.15, 0.2) is 24.3 Å². The number of nitrogens with one attached hydrogen (secondary N) is 1. The van der Waals surface area contributed by atoms with Gasteiger partial charge in [-0.15, -0.1) is 0 Å². The first-order valence-corrected chi connectivity index (χ1v) is 8.00. The lowest BCUT2D eigenvalue weighted by Gasteiger charge is -2.15. The molecule has 0 spiro atoms. The highest BCUT2D eigenvalue weighted by atomic mass is 16.5. The lowest BCUT2D eigenvalue weighted by Crippen LogP contribution is -2.38. The molecule has 1 aromatic carbocycles. The molecule has 124 valence electrons. The Morgan fingerprint density at radius 2 is 1.87 bits per heavy atom. The quantitative estimate of drug-likeness (QED) is 0.513. The van der Waals surface area contributed by atoms with Crippen LogP contribution in [0.25, 0.3) is 0 Å². The molecule has 23 heavy (non-hydrogen) atoms. The molecule has 1 saturated heterocycles. The van der Waals surface area contributed by atoms with Crippen molar-refractivity contribution in [2.24, 2.45) is 0 Å². The number of hydrogen-bond donors (Lipinski definition) is 1. The van der Waals surface area contributed by atoms with E-state index in [2.05, 4.69) is 5.32 Å². The Morgan fingerprint density at radius 1 is 1.17 bits per heavy atom. The highest BCUT2D eigenvalue weighted by Crippen LogP contribution is 2.17. The van der Waals surface area contributed by atoms with Crippen LogP contribution in [-0.4, -0.2) is 42.4 Å². The maximum Gasteiger partial charge on any atom is 0.340 e. The molecule has 6 nitrogen and oxygen atoms in total. The predicted octanol–water partition coefficient (Wildman–Crippen LogP) is 2.20. The summed E-state index contributed by atoms with van der Waals surface area (Å²) in [6.45, 7) is 3.55. The molecule has 0 unspecified atom stereocenters. The first-order chi connectivity index (χ1) is 11.1. The van der Waals surface area contributed by atoms with Crippen molar-refractivity contribution in [3.63, 3.8) is 0 Å². The molecular weight excluding hydrogens is 296 g/mol. The highest BCUT2D eigenvalue weighted by molar-refractivity contribution is 6.39. The molecule has 0 radical (unpaired) electrons. The monoisotopic (exact) mass is 318 g/mol. The standard InChI is InChI=1S/C17H22N2O4/c1-2-3-12-23-17(22)13-8-4-5-9-14(13)18-15(20)16(21)19-10-6-7-11-19/h4-5,8-9H,2-3,6-7,10-12H2,1H3,(H,18,20). The molecule has 0 atom stereocenters. The second kappa shape index (κ2) is 8.31. The third-order valence-corrected chi connectivity index (χ3v) is 3.71. The molecule has 2 rings (SSSR count). The van der Waals surface area contributed by atoms with Gasteiger partial charge in [-0.1, -0.05) is 25.5 Å². The van der Waals surface area contributed by atoms with Crippen LogP contribution < -0.4 is 5.32 Å². The zero-order chi connectivity index (χ0) is 16.7. The molecule has 6 heteroatoms. The van der Waals surface area contributed by atoms with Gasteiger partial charge in [0.15, 0.2) is 0 Å². The number of esters is 1. The molecule has 1 aliphatic rings. The van der Waals surface area contributed by atoms with Crippen LogP contribution in [0.3, 0.4) is 0 Å². The van der Waals surface area contributed by atoms with Gasteiger partial charge in [0, 0.05) is 13.1 Å². The Balaban J connectivity index is 2.03. The maximum atomic E-state index is 12.1. The lowest BCUT2D eigenvalue weighted by atomic mass is 10.1. The number of carbonyl (C=O) groups excluding carboxylic acids is 3. The molecule has 1 N–H and O–H groups in total. The minimum Gasteiger partial charge on any atom is -0.462 e. The van der Waals surface area contributed by atoms with Gasteiger partial charge in [0.1, 0.15) is 0 Å². The smallest absolute Gasteiger partial charge is 0.340 e. The number of hydrogen-bond acceptors (Lipinski definition) is 4. The molecule has 1 fully saturated rings. The molecule has 0 saturated carbocycles. The van der Waals surface area contributed by atoms with E-state index in [1.54, 1.807) is 24.3 Å². The average molecular weight is 318 g/mol. The fourth-order valence-corrected chi connectivity index (χ4v) is 2.40. The van der Waals surface area contributed by atoms with Crippen molar-refractivity contribution < 1.29 is 19.1 Å². The Kier molecular flexibility index (Phi) is 6.14. The van der Waals surface area contributed by atoms with Crippen molar-refractivity contribution >= 4 is 23.5 Å². The van der Waals surface area contributed by atoms with E-state index in [-0.39, 0.29) is 5.56 Å². The van der Waals surface area contributed by atoms with Crippen molar-refractivity contribution in [1.29, 1.82) is 0 Å². The minimum absolute atomic E-state index is 0.256. The predicted molar refractivity (Wildman–Crippen MR) is 86.1 cm³/mol. The van der Waals surface area contributed by atoms with Gasteiger partial charge in [-0.3, -0.25) is 9.59 Å². The first kappa shape index (κ1) is 17.0. The number of benzene rings is 1. The van der Waals surface area contributed by atoms with E-state index < -0.39 is 17.8 Å². The summed E-state index contributed by atoms with van der Waals surface area (Å²) in [5, 5.41) is 2.53. The molecular formula is C17H22N2O4. The summed E-state index contributed by atoms with van der Waals surface area (Å²) in [7, 11) is 0. The Hall–Kier alpha value is -2.37. The summed E-state index contributed by atoms with van der Waals surface area (Å²) in [5.74, 6) is -1.78. The van der Waals surface area contributed by atoms with Crippen LogP contribution in [0.4, 0.5) is 5.69 Å². The fraction of sp³-hybridized carbons (Fsp3) is 0.471. The van der Waals surface area contributed by atoms with Gasteiger partial charge in [0.05, 0.1) is 17.9 Å². The van der Waals surface area contributed by atoms with Gasteiger partial charge < -0.3 is 15.0 Å². The SMILES string of the molecule is CCCCOC(=O)c1ccccc1NC(=O)C(=O)N1CCCC1. The van der Waals surface area contributed by atoms with Crippen molar-refractivity contribution in [2.45, 2.75) is 32.6 Å². The fourth-order valence-electron chi connectivity index (χ4n) is 2.40. The maximum absolute atomic E-state index is 12.1. The summed E-state index contributed by atoms with van der Waals surface area (Å²) in [6, 6.07) is 6.54. The molecule has 0 aliphatic carbocycles. The Morgan fingerprint density at radius 3 is 2.57 bits per heavy atom. The number of likely N-dealkylation sites (tertiary alicyclic amines) is 1. The average Bonchev–Trinajstić information content (AvgIpc) is 3.09. The zero-order valence-electron chi connectivity index (χ0n) is 13.3.